The molecule has 0 aromatic carbocycles. The Balaban J connectivity index is 2.42. The van der Waals surface area contributed by atoms with Crippen LogP contribution in [0, 0.1) is 0 Å². The van der Waals surface area contributed by atoms with Crippen LogP contribution in [0.15, 0.2) is 9.33 Å². The van der Waals surface area contributed by atoms with Gasteiger partial charge in [0.05, 0.1) is 5.75 Å². The van der Waals surface area contributed by atoms with Crippen LogP contribution >= 0.6 is 35.3 Å². The zero-order valence-corrected chi connectivity index (χ0v) is 9.54. The van der Waals surface area contributed by atoms with Crippen LogP contribution in [0.1, 0.15) is 6.42 Å². The first-order valence-corrected chi connectivity index (χ1v) is 6.81. The van der Waals surface area contributed by atoms with Crippen LogP contribution in [0.4, 0.5) is 13.2 Å². The minimum atomic E-state index is -4.26. The molecule has 1 fully saturated rings. The summed E-state index contributed by atoms with van der Waals surface area (Å²) < 4.78 is 35.9. The number of rotatable bonds is 2. The average molecular weight is 261 g/mol. The van der Waals surface area contributed by atoms with Crippen LogP contribution in [-0.4, -0.2) is 23.4 Å². The van der Waals surface area contributed by atoms with Crippen LogP contribution < -0.4 is 5.11 Å². The fraction of sp³-hybridized carbons (Fsp3) is 0.714. The van der Waals surface area contributed by atoms with Gasteiger partial charge in [0.25, 0.3) is 0 Å². The Kier molecular flexibility index (Phi) is 4.86. The number of halogens is 3. The van der Waals surface area contributed by atoms with E-state index in [2.05, 4.69) is 0 Å². The van der Waals surface area contributed by atoms with Gasteiger partial charge in [0, 0.05) is 4.24 Å². The first kappa shape index (κ1) is 12.4. The SMILES string of the molecule is [O-]C(SCC(F)(F)F)=C1SCCCS1. The first-order chi connectivity index (χ1) is 6.49. The molecule has 0 N–H and O–H groups in total. The monoisotopic (exact) mass is 261 g/mol. The van der Waals surface area contributed by atoms with Gasteiger partial charge in [0.2, 0.25) is 0 Å². The zero-order valence-electron chi connectivity index (χ0n) is 7.10. The third-order valence-corrected chi connectivity index (χ3v) is 5.07. The topological polar surface area (TPSA) is 23.1 Å². The number of hydrogen-bond acceptors (Lipinski definition) is 4. The molecule has 1 aliphatic heterocycles. The quantitative estimate of drug-likeness (QED) is 0.713. The molecule has 1 nitrogen and oxygen atoms in total. The Morgan fingerprint density at radius 2 is 1.93 bits per heavy atom. The van der Waals surface area contributed by atoms with Gasteiger partial charge >= 0.3 is 6.18 Å². The van der Waals surface area contributed by atoms with Gasteiger partial charge in [-0.1, -0.05) is 5.09 Å². The second-order valence-corrected chi connectivity index (χ2v) is 5.95. The lowest BCUT2D eigenvalue weighted by molar-refractivity contribution is -0.284. The summed E-state index contributed by atoms with van der Waals surface area (Å²) in [5.41, 5.74) is 0. The maximum atomic E-state index is 11.8. The molecule has 1 rings (SSSR count). The van der Waals surface area contributed by atoms with E-state index in [1.165, 1.54) is 23.5 Å². The Labute approximate surface area is 92.9 Å². The molecular formula is C7H8F3OS3-. The fourth-order valence-electron chi connectivity index (χ4n) is 0.754. The standard InChI is InChI=1S/C7H9F3OS3/c8-7(9,10)4-14-5(11)6-12-2-1-3-13-6/h11H,1-4H2/p-1. The lowest BCUT2D eigenvalue weighted by atomic mass is 10.6. The van der Waals surface area contributed by atoms with Crippen molar-refractivity contribution in [3.63, 3.8) is 0 Å². The Morgan fingerprint density at radius 3 is 2.43 bits per heavy atom. The summed E-state index contributed by atoms with van der Waals surface area (Å²) in [5, 5.41) is 10.8. The van der Waals surface area contributed by atoms with Gasteiger partial charge in [-0.05, 0) is 17.9 Å². The third-order valence-electron chi connectivity index (χ3n) is 1.29. The van der Waals surface area contributed by atoms with Crippen molar-refractivity contribution in [3.05, 3.63) is 9.33 Å². The summed E-state index contributed by atoms with van der Waals surface area (Å²) in [6, 6.07) is 0. The Bertz CT molecular complexity index is 219. The van der Waals surface area contributed by atoms with Gasteiger partial charge in [0.1, 0.15) is 0 Å². The molecule has 0 spiro atoms. The zero-order chi connectivity index (χ0) is 10.6. The molecule has 1 heterocycles. The highest BCUT2D eigenvalue weighted by Crippen LogP contribution is 2.39. The lowest BCUT2D eigenvalue weighted by Gasteiger charge is -2.21. The van der Waals surface area contributed by atoms with E-state index in [-0.39, 0.29) is 0 Å². The van der Waals surface area contributed by atoms with E-state index in [1.54, 1.807) is 0 Å². The van der Waals surface area contributed by atoms with E-state index in [0.717, 1.165) is 17.9 Å². The molecule has 1 saturated heterocycles. The van der Waals surface area contributed by atoms with Gasteiger partial charge < -0.3 is 5.11 Å². The molecule has 0 radical (unpaired) electrons. The van der Waals surface area contributed by atoms with Crippen molar-refractivity contribution in [2.75, 3.05) is 17.3 Å². The summed E-state index contributed by atoms with van der Waals surface area (Å²) in [5.74, 6) is 0.581. The summed E-state index contributed by atoms with van der Waals surface area (Å²) in [6.45, 7) is 0. The summed E-state index contributed by atoms with van der Waals surface area (Å²) in [4.78, 5) is 0. The van der Waals surface area contributed by atoms with E-state index < -0.39 is 17.0 Å². The first-order valence-electron chi connectivity index (χ1n) is 3.85. The smallest absolute Gasteiger partial charge is 0.398 e. The summed E-state index contributed by atoms with van der Waals surface area (Å²) >= 11 is 3.07. The second kappa shape index (κ2) is 5.46. The molecule has 14 heavy (non-hydrogen) atoms. The van der Waals surface area contributed by atoms with E-state index in [4.69, 9.17) is 0 Å². The van der Waals surface area contributed by atoms with Crippen LogP contribution in [-0.2, 0) is 0 Å². The number of thioether (sulfide) groups is 3. The maximum absolute atomic E-state index is 11.8. The molecule has 0 aliphatic carbocycles. The highest BCUT2D eigenvalue weighted by atomic mass is 32.2. The predicted octanol–water partition coefficient (Wildman–Crippen LogP) is 2.64. The van der Waals surface area contributed by atoms with E-state index >= 15 is 0 Å². The lowest BCUT2D eigenvalue weighted by Crippen LogP contribution is -2.14. The van der Waals surface area contributed by atoms with Crippen LogP contribution in [0.3, 0.4) is 0 Å². The van der Waals surface area contributed by atoms with Crippen molar-refractivity contribution in [2.45, 2.75) is 12.6 Å². The maximum Gasteiger partial charge on any atom is 0.398 e. The summed E-state index contributed by atoms with van der Waals surface area (Å²) in [7, 11) is 0. The average Bonchev–Trinajstić information content (AvgIpc) is 2.14. The molecule has 0 amide bonds. The van der Waals surface area contributed by atoms with Crippen LogP contribution in [0.5, 0.6) is 0 Å². The highest BCUT2D eigenvalue weighted by Gasteiger charge is 2.27. The van der Waals surface area contributed by atoms with Gasteiger partial charge in [0.15, 0.2) is 0 Å². The predicted molar refractivity (Wildman–Crippen MR) is 55.1 cm³/mol. The van der Waals surface area contributed by atoms with Crippen molar-refractivity contribution in [1.82, 2.24) is 0 Å². The van der Waals surface area contributed by atoms with Gasteiger partial charge in [-0.3, -0.25) is 0 Å². The highest BCUT2D eigenvalue weighted by molar-refractivity contribution is 8.23. The molecule has 7 heteroatoms. The Hall–Kier alpha value is 0.380. The van der Waals surface area contributed by atoms with Crippen molar-refractivity contribution < 1.29 is 18.3 Å². The molecule has 0 atom stereocenters. The van der Waals surface area contributed by atoms with Gasteiger partial charge in [-0.2, -0.15) is 13.2 Å². The Morgan fingerprint density at radius 1 is 1.36 bits per heavy atom. The van der Waals surface area contributed by atoms with Crippen molar-refractivity contribution in [1.29, 1.82) is 0 Å². The molecule has 0 bridgehead atoms. The molecule has 1 aliphatic rings. The normalized spacial score (nSPS) is 18.4. The van der Waals surface area contributed by atoms with Gasteiger partial charge in [-0.15, -0.1) is 35.3 Å². The molecule has 0 saturated carbocycles. The molecule has 0 aromatic rings. The van der Waals surface area contributed by atoms with Crippen LogP contribution in [0.25, 0.3) is 0 Å². The fourth-order valence-corrected chi connectivity index (χ4v) is 4.07. The largest absolute Gasteiger partial charge is 0.867 e. The van der Waals surface area contributed by atoms with E-state index in [1.807, 2.05) is 0 Å². The van der Waals surface area contributed by atoms with E-state index in [0.29, 0.717) is 16.0 Å². The number of hydrogen-bond donors (Lipinski definition) is 0. The third kappa shape index (κ3) is 4.75. The van der Waals surface area contributed by atoms with Crippen molar-refractivity contribution >= 4 is 35.3 Å². The van der Waals surface area contributed by atoms with Gasteiger partial charge in [-0.25, -0.2) is 0 Å². The van der Waals surface area contributed by atoms with E-state index in [9.17, 15) is 18.3 Å². The molecule has 0 unspecified atom stereocenters. The number of alkyl halides is 3. The minimum absolute atomic E-state index is 0.347. The second-order valence-electron chi connectivity index (χ2n) is 2.53. The van der Waals surface area contributed by atoms with Crippen molar-refractivity contribution in [3.8, 4) is 0 Å². The summed E-state index contributed by atoms with van der Waals surface area (Å²) in [6.07, 6.45) is -3.25. The van der Waals surface area contributed by atoms with Crippen molar-refractivity contribution in [2.24, 2.45) is 0 Å². The molecule has 82 valence electrons. The molecular weight excluding hydrogens is 253 g/mol. The minimum Gasteiger partial charge on any atom is -0.867 e. The molecule has 0 aromatic heterocycles. The van der Waals surface area contributed by atoms with Crippen LogP contribution in [0.2, 0.25) is 0 Å².